The van der Waals surface area contributed by atoms with E-state index in [2.05, 4.69) is 33.5 Å². The minimum Gasteiger partial charge on any atom is -0.481 e. The summed E-state index contributed by atoms with van der Waals surface area (Å²) in [6.45, 7) is 6.31. The average molecular weight is 386 g/mol. The summed E-state index contributed by atoms with van der Waals surface area (Å²) in [4.78, 5) is 11.5. The van der Waals surface area contributed by atoms with Gasteiger partial charge in [0.2, 0.25) is 5.88 Å². The fourth-order valence-electron chi connectivity index (χ4n) is 3.55. The smallest absolute Gasteiger partial charge is 0.218 e. The van der Waals surface area contributed by atoms with Crippen molar-refractivity contribution < 1.29 is 9.15 Å². The lowest BCUT2D eigenvalue weighted by atomic mass is 10.1. The lowest BCUT2D eigenvalue weighted by Gasteiger charge is -2.33. The first-order chi connectivity index (χ1) is 13.8. The molecule has 1 aliphatic heterocycles. The molecule has 0 amide bonds. The van der Waals surface area contributed by atoms with Crippen LogP contribution in [0.4, 0.5) is 0 Å². The normalized spacial score (nSPS) is 16.6. The first kappa shape index (κ1) is 20.2. The molecule has 0 aromatic carbocycles. The number of hydrogen-bond acceptors (Lipinski definition) is 5. The van der Waals surface area contributed by atoms with Gasteiger partial charge in [0.05, 0.1) is 26.0 Å². The van der Waals surface area contributed by atoms with Gasteiger partial charge in [0, 0.05) is 24.8 Å². The van der Waals surface area contributed by atoms with Crippen molar-refractivity contribution >= 4 is 5.96 Å². The molecule has 3 heterocycles. The van der Waals surface area contributed by atoms with Crippen LogP contribution in [0, 0.1) is 0 Å². The molecule has 2 aromatic rings. The third kappa shape index (κ3) is 5.48. The van der Waals surface area contributed by atoms with Gasteiger partial charge in [-0.15, -0.1) is 0 Å². The molecule has 0 spiro atoms. The first-order valence-electron chi connectivity index (χ1n) is 10.1. The zero-order valence-electron chi connectivity index (χ0n) is 16.9. The van der Waals surface area contributed by atoms with Crippen LogP contribution in [0.5, 0.6) is 5.88 Å². The topological polar surface area (TPSA) is 74.9 Å². The van der Waals surface area contributed by atoms with Crippen LogP contribution in [0.25, 0.3) is 0 Å². The molecule has 0 radical (unpaired) electrons. The molecule has 7 heteroatoms. The summed E-state index contributed by atoms with van der Waals surface area (Å²) in [6, 6.07) is 8.10. The van der Waals surface area contributed by atoms with Crippen molar-refractivity contribution in [2.45, 2.75) is 38.8 Å². The second-order valence-corrected chi connectivity index (χ2v) is 6.88. The van der Waals surface area contributed by atoms with E-state index >= 15 is 0 Å². The van der Waals surface area contributed by atoms with E-state index < -0.39 is 0 Å². The lowest BCUT2D eigenvalue weighted by Crippen LogP contribution is -2.44. The largest absolute Gasteiger partial charge is 0.481 e. The molecular formula is C21H31N5O2. The molecule has 152 valence electrons. The Hall–Kier alpha value is -2.54. The zero-order valence-corrected chi connectivity index (χ0v) is 16.9. The fraction of sp³-hybridized carbons (Fsp3) is 0.524. The van der Waals surface area contributed by atoms with E-state index in [1.165, 1.54) is 19.3 Å². The van der Waals surface area contributed by atoms with Crippen molar-refractivity contribution in [3.8, 4) is 5.88 Å². The Labute approximate surface area is 167 Å². The zero-order chi connectivity index (χ0) is 19.6. The number of nitrogens with one attached hydrogen (secondary N) is 2. The van der Waals surface area contributed by atoms with E-state index in [0.29, 0.717) is 12.4 Å². The van der Waals surface area contributed by atoms with Gasteiger partial charge in [-0.25, -0.2) is 9.98 Å². The molecule has 2 N–H and O–H groups in total. The highest BCUT2D eigenvalue weighted by atomic mass is 16.5. The van der Waals surface area contributed by atoms with Crippen LogP contribution in [-0.2, 0) is 6.54 Å². The molecule has 1 unspecified atom stereocenters. The number of likely N-dealkylation sites (tertiary alicyclic amines) is 1. The van der Waals surface area contributed by atoms with E-state index in [0.717, 1.165) is 43.5 Å². The van der Waals surface area contributed by atoms with Crippen LogP contribution in [0.15, 0.2) is 46.1 Å². The first-order valence-corrected chi connectivity index (χ1v) is 10.1. The van der Waals surface area contributed by atoms with Gasteiger partial charge in [-0.2, -0.15) is 0 Å². The maximum Gasteiger partial charge on any atom is 0.218 e. The molecule has 7 nitrogen and oxygen atoms in total. The summed E-state index contributed by atoms with van der Waals surface area (Å²) in [7, 11) is 1.63. The van der Waals surface area contributed by atoms with E-state index in [-0.39, 0.29) is 6.04 Å². The van der Waals surface area contributed by atoms with E-state index in [1.54, 1.807) is 19.6 Å². The lowest BCUT2D eigenvalue weighted by molar-refractivity contribution is 0.146. The second kappa shape index (κ2) is 10.7. The predicted octanol–water partition coefficient (Wildman–Crippen LogP) is 2.97. The molecule has 2 aromatic heterocycles. The van der Waals surface area contributed by atoms with Gasteiger partial charge in [-0.05, 0) is 51.1 Å². The Kier molecular flexibility index (Phi) is 7.72. The number of aliphatic imine (C=N–C) groups is 1. The molecule has 0 aliphatic carbocycles. The summed E-state index contributed by atoms with van der Waals surface area (Å²) in [6.07, 6.45) is 7.27. The highest BCUT2D eigenvalue weighted by Gasteiger charge is 2.24. The molecule has 0 bridgehead atoms. The quantitative estimate of drug-likeness (QED) is 0.538. The Morgan fingerprint density at radius 3 is 2.82 bits per heavy atom. The van der Waals surface area contributed by atoms with Crippen LogP contribution in [0.3, 0.4) is 0 Å². The molecule has 1 fully saturated rings. The summed E-state index contributed by atoms with van der Waals surface area (Å²) in [5.41, 5.74) is 0.959. The Morgan fingerprint density at radius 2 is 2.11 bits per heavy atom. The highest BCUT2D eigenvalue weighted by Crippen LogP contribution is 2.24. The van der Waals surface area contributed by atoms with Crippen molar-refractivity contribution in [1.29, 1.82) is 0 Å². The number of pyridine rings is 1. The van der Waals surface area contributed by atoms with Crippen molar-refractivity contribution in [2.24, 2.45) is 4.99 Å². The third-order valence-corrected chi connectivity index (χ3v) is 4.96. The van der Waals surface area contributed by atoms with E-state index in [4.69, 9.17) is 14.1 Å². The Balaban J connectivity index is 1.67. The van der Waals surface area contributed by atoms with Gasteiger partial charge >= 0.3 is 0 Å². The van der Waals surface area contributed by atoms with Crippen molar-refractivity contribution in [3.63, 3.8) is 0 Å². The third-order valence-electron chi connectivity index (χ3n) is 4.96. The monoisotopic (exact) mass is 385 g/mol. The highest BCUT2D eigenvalue weighted by molar-refractivity contribution is 5.79. The number of ether oxygens (including phenoxy) is 1. The predicted molar refractivity (Wildman–Crippen MR) is 110 cm³/mol. The van der Waals surface area contributed by atoms with Crippen molar-refractivity contribution in [2.75, 3.05) is 33.3 Å². The summed E-state index contributed by atoms with van der Waals surface area (Å²) >= 11 is 0. The minimum atomic E-state index is 0.201. The molecular weight excluding hydrogens is 354 g/mol. The molecule has 1 saturated heterocycles. The Morgan fingerprint density at radius 1 is 1.25 bits per heavy atom. The minimum absolute atomic E-state index is 0.201. The second-order valence-electron chi connectivity index (χ2n) is 6.88. The van der Waals surface area contributed by atoms with Crippen LogP contribution in [-0.4, -0.2) is 49.1 Å². The Bertz CT molecular complexity index is 726. The van der Waals surface area contributed by atoms with Crippen LogP contribution < -0.4 is 15.4 Å². The van der Waals surface area contributed by atoms with E-state index in [9.17, 15) is 0 Å². The van der Waals surface area contributed by atoms with Gasteiger partial charge in [0.15, 0.2) is 5.96 Å². The number of rotatable bonds is 8. The summed E-state index contributed by atoms with van der Waals surface area (Å²) < 4.78 is 11.1. The van der Waals surface area contributed by atoms with Crippen molar-refractivity contribution in [3.05, 3.63) is 48.0 Å². The standard InChI is InChI=1S/C21H31N5O2/c1-3-22-21(24-15-17-9-7-11-23-20(17)27-2)25-16-18(19-10-8-14-28-19)26-12-5-4-6-13-26/h7-11,14,18H,3-6,12-13,15-16H2,1-2H3,(H2,22,24,25). The molecule has 1 aliphatic rings. The van der Waals surface area contributed by atoms with Crippen LogP contribution in [0.1, 0.15) is 43.6 Å². The fourth-order valence-corrected chi connectivity index (χ4v) is 3.55. The van der Waals surface area contributed by atoms with Gasteiger partial charge in [-0.3, -0.25) is 4.90 Å². The molecule has 0 saturated carbocycles. The number of hydrogen-bond donors (Lipinski definition) is 2. The van der Waals surface area contributed by atoms with Crippen molar-refractivity contribution in [1.82, 2.24) is 20.5 Å². The van der Waals surface area contributed by atoms with Crippen LogP contribution >= 0.6 is 0 Å². The summed E-state index contributed by atoms with van der Waals surface area (Å²) in [5, 5.41) is 6.81. The number of methoxy groups -OCH3 is 1. The number of guanidine groups is 1. The number of piperidine rings is 1. The number of furan rings is 1. The van der Waals surface area contributed by atoms with Gasteiger partial charge in [0.1, 0.15) is 5.76 Å². The van der Waals surface area contributed by atoms with E-state index in [1.807, 2.05) is 18.2 Å². The maximum absolute atomic E-state index is 5.73. The molecule has 3 rings (SSSR count). The average Bonchev–Trinajstić information content (AvgIpc) is 3.27. The number of nitrogens with zero attached hydrogens (tertiary/aromatic N) is 3. The molecule has 28 heavy (non-hydrogen) atoms. The number of aromatic nitrogens is 1. The summed E-state index contributed by atoms with van der Waals surface area (Å²) in [5.74, 6) is 2.39. The maximum atomic E-state index is 5.73. The SMILES string of the molecule is CCNC(=NCc1cccnc1OC)NCC(c1ccco1)N1CCCCC1. The van der Waals surface area contributed by atoms with Gasteiger partial charge < -0.3 is 19.8 Å². The van der Waals surface area contributed by atoms with Crippen LogP contribution in [0.2, 0.25) is 0 Å². The van der Waals surface area contributed by atoms with Gasteiger partial charge in [0.25, 0.3) is 0 Å². The molecule has 1 atom stereocenters. The van der Waals surface area contributed by atoms with Gasteiger partial charge in [-0.1, -0.05) is 12.5 Å².